The highest BCUT2D eigenvalue weighted by atomic mass is 19.1. The van der Waals surface area contributed by atoms with Crippen molar-refractivity contribution in [3.05, 3.63) is 29.6 Å². The minimum Gasteiger partial charge on any atom is -0.478 e. The first kappa shape index (κ1) is 15.3. The van der Waals surface area contributed by atoms with Crippen LogP contribution in [-0.2, 0) is 0 Å². The molecule has 1 unspecified atom stereocenters. The van der Waals surface area contributed by atoms with E-state index in [2.05, 4.69) is 5.32 Å². The number of carbonyl (C=O) groups excluding carboxylic acids is 1. The van der Waals surface area contributed by atoms with Gasteiger partial charge in [-0.25, -0.2) is 14.0 Å². The van der Waals surface area contributed by atoms with E-state index in [0.29, 0.717) is 6.54 Å². The quantitative estimate of drug-likeness (QED) is 0.898. The molecule has 0 aromatic heterocycles. The minimum atomic E-state index is -1.33. The molecular weight excluding hydrogens is 275 g/mol. The summed E-state index contributed by atoms with van der Waals surface area (Å²) in [4.78, 5) is 24.8. The molecule has 2 amide bonds. The SMILES string of the molecule is CCC1CCCCN1C(=O)Nc1ccc(C(=O)O)c(F)c1. The van der Waals surface area contributed by atoms with Gasteiger partial charge in [0.05, 0.1) is 5.56 Å². The Morgan fingerprint density at radius 1 is 1.43 bits per heavy atom. The van der Waals surface area contributed by atoms with Crippen LogP contribution in [0.25, 0.3) is 0 Å². The van der Waals surface area contributed by atoms with Gasteiger partial charge < -0.3 is 15.3 Å². The molecule has 0 saturated carbocycles. The fourth-order valence-electron chi connectivity index (χ4n) is 2.65. The molecule has 1 fully saturated rings. The number of hydrogen-bond donors (Lipinski definition) is 2. The van der Waals surface area contributed by atoms with Gasteiger partial charge in [0.15, 0.2) is 0 Å². The van der Waals surface area contributed by atoms with Crippen LogP contribution < -0.4 is 5.32 Å². The van der Waals surface area contributed by atoms with Crippen molar-refractivity contribution in [1.82, 2.24) is 4.90 Å². The number of nitrogens with zero attached hydrogens (tertiary/aromatic N) is 1. The zero-order chi connectivity index (χ0) is 15.4. The highest BCUT2D eigenvalue weighted by molar-refractivity contribution is 5.92. The molecule has 0 spiro atoms. The molecule has 6 heteroatoms. The molecule has 5 nitrogen and oxygen atoms in total. The van der Waals surface area contributed by atoms with Gasteiger partial charge in [0.1, 0.15) is 5.82 Å². The topological polar surface area (TPSA) is 69.6 Å². The summed E-state index contributed by atoms with van der Waals surface area (Å²) >= 11 is 0. The summed E-state index contributed by atoms with van der Waals surface area (Å²) < 4.78 is 13.6. The number of benzene rings is 1. The van der Waals surface area contributed by atoms with E-state index in [-0.39, 0.29) is 17.8 Å². The number of likely N-dealkylation sites (tertiary alicyclic amines) is 1. The summed E-state index contributed by atoms with van der Waals surface area (Å²) in [7, 11) is 0. The van der Waals surface area contributed by atoms with E-state index in [1.54, 1.807) is 4.90 Å². The van der Waals surface area contributed by atoms with Crippen LogP contribution in [0.3, 0.4) is 0 Å². The third-order valence-electron chi connectivity index (χ3n) is 3.81. The zero-order valence-electron chi connectivity index (χ0n) is 11.9. The number of rotatable bonds is 3. The maximum Gasteiger partial charge on any atom is 0.338 e. The van der Waals surface area contributed by atoms with E-state index in [1.165, 1.54) is 6.07 Å². The number of carboxylic acid groups (broad SMARTS) is 1. The summed E-state index contributed by atoms with van der Waals surface area (Å²) in [5, 5.41) is 11.4. The lowest BCUT2D eigenvalue weighted by molar-refractivity contribution is 0.0692. The van der Waals surface area contributed by atoms with Crippen LogP contribution >= 0.6 is 0 Å². The molecule has 1 atom stereocenters. The maximum atomic E-state index is 13.6. The van der Waals surface area contributed by atoms with Crippen molar-refractivity contribution in [1.29, 1.82) is 0 Å². The fourth-order valence-corrected chi connectivity index (χ4v) is 2.65. The van der Waals surface area contributed by atoms with Gasteiger partial charge in [-0.2, -0.15) is 0 Å². The van der Waals surface area contributed by atoms with Crippen LogP contribution in [0.15, 0.2) is 18.2 Å². The Bertz CT molecular complexity index is 548. The van der Waals surface area contributed by atoms with Crippen LogP contribution in [0.5, 0.6) is 0 Å². The van der Waals surface area contributed by atoms with Crippen molar-refractivity contribution >= 4 is 17.7 Å². The molecule has 1 aliphatic rings. The highest BCUT2D eigenvalue weighted by Crippen LogP contribution is 2.21. The van der Waals surface area contributed by atoms with Crippen molar-refractivity contribution < 1.29 is 19.1 Å². The van der Waals surface area contributed by atoms with Gasteiger partial charge >= 0.3 is 12.0 Å². The number of carbonyl (C=O) groups is 2. The van der Waals surface area contributed by atoms with Gasteiger partial charge in [-0.1, -0.05) is 6.92 Å². The molecule has 1 aliphatic heterocycles. The lowest BCUT2D eigenvalue weighted by atomic mass is 10.0. The van der Waals surface area contributed by atoms with Gasteiger partial charge in [-0.15, -0.1) is 0 Å². The van der Waals surface area contributed by atoms with Gasteiger partial charge in [-0.05, 0) is 43.9 Å². The minimum absolute atomic E-state index is 0.210. The van der Waals surface area contributed by atoms with Crippen molar-refractivity contribution in [3.8, 4) is 0 Å². The lowest BCUT2D eigenvalue weighted by Crippen LogP contribution is -2.45. The summed E-state index contributed by atoms with van der Waals surface area (Å²) in [5.41, 5.74) is -0.139. The van der Waals surface area contributed by atoms with E-state index >= 15 is 0 Å². The maximum absolute atomic E-state index is 13.6. The molecule has 2 N–H and O–H groups in total. The monoisotopic (exact) mass is 294 g/mol. The Morgan fingerprint density at radius 3 is 2.81 bits per heavy atom. The first-order valence-electron chi connectivity index (χ1n) is 7.13. The number of nitrogens with one attached hydrogen (secondary N) is 1. The van der Waals surface area contributed by atoms with Crippen molar-refractivity contribution in [2.45, 2.75) is 38.6 Å². The molecule has 0 radical (unpaired) electrons. The number of hydrogen-bond acceptors (Lipinski definition) is 2. The standard InChI is InChI=1S/C15H19FN2O3/c1-2-11-5-3-4-8-18(11)15(21)17-10-6-7-12(14(19)20)13(16)9-10/h6-7,9,11H,2-5,8H2,1H3,(H,17,21)(H,19,20). The summed E-state index contributed by atoms with van der Waals surface area (Å²) in [6.45, 7) is 2.73. The Morgan fingerprint density at radius 2 is 2.19 bits per heavy atom. The van der Waals surface area contributed by atoms with Gasteiger partial charge in [0.2, 0.25) is 0 Å². The fraction of sp³-hybridized carbons (Fsp3) is 0.467. The van der Waals surface area contributed by atoms with Crippen LogP contribution in [0, 0.1) is 5.82 Å². The van der Waals surface area contributed by atoms with E-state index in [0.717, 1.165) is 37.8 Å². The number of amides is 2. The van der Waals surface area contributed by atoms with Crippen LogP contribution in [0.1, 0.15) is 43.0 Å². The van der Waals surface area contributed by atoms with E-state index in [4.69, 9.17) is 5.11 Å². The summed E-state index contributed by atoms with van der Waals surface area (Å²) in [6.07, 6.45) is 3.95. The Labute approximate surface area is 122 Å². The van der Waals surface area contributed by atoms with Gasteiger partial charge in [0, 0.05) is 18.3 Å². The normalized spacial score (nSPS) is 18.4. The second-order valence-corrected chi connectivity index (χ2v) is 5.18. The molecule has 0 aliphatic carbocycles. The van der Waals surface area contributed by atoms with Gasteiger partial charge in [-0.3, -0.25) is 0 Å². The van der Waals surface area contributed by atoms with Crippen LogP contribution in [0.2, 0.25) is 0 Å². The second kappa shape index (κ2) is 6.56. The molecule has 21 heavy (non-hydrogen) atoms. The van der Waals surface area contributed by atoms with Crippen molar-refractivity contribution in [3.63, 3.8) is 0 Å². The molecule has 1 aromatic rings. The van der Waals surface area contributed by atoms with E-state index < -0.39 is 17.3 Å². The number of urea groups is 1. The number of piperidine rings is 1. The van der Waals surface area contributed by atoms with E-state index in [1.807, 2.05) is 6.92 Å². The smallest absolute Gasteiger partial charge is 0.338 e. The lowest BCUT2D eigenvalue weighted by Gasteiger charge is -2.35. The molecule has 2 rings (SSSR count). The predicted octanol–water partition coefficient (Wildman–Crippen LogP) is 3.32. The molecule has 0 bridgehead atoms. The van der Waals surface area contributed by atoms with Crippen LogP contribution in [0.4, 0.5) is 14.9 Å². The third kappa shape index (κ3) is 3.51. The number of carboxylic acids is 1. The number of halogens is 1. The zero-order valence-corrected chi connectivity index (χ0v) is 11.9. The van der Waals surface area contributed by atoms with E-state index in [9.17, 15) is 14.0 Å². The first-order chi connectivity index (χ1) is 10.0. The first-order valence-corrected chi connectivity index (χ1v) is 7.13. The van der Waals surface area contributed by atoms with Gasteiger partial charge in [0.25, 0.3) is 0 Å². The molecule has 1 heterocycles. The molecule has 1 saturated heterocycles. The Balaban J connectivity index is 2.08. The average molecular weight is 294 g/mol. The van der Waals surface area contributed by atoms with Crippen LogP contribution in [-0.4, -0.2) is 34.6 Å². The molecular formula is C15H19FN2O3. The average Bonchev–Trinajstić information content (AvgIpc) is 2.46. The molecule has 114 valence electrons. The van der Waals surface area contributed by atoms with Crippen molar-refractivity contribution in [2.24, 2.45) is 0 Å². The predicted molar refractivity (Wildman–Crippen MR) is 77.0 cm³/mol. The Hall–Kier alpha value is -2.11. The van der Waals surface area contributed by atoms with Crippen molar-refractivity contribution in [2.75, 3.05) is 11.9 Å². The third-order valence-corrected chi connectivity index (χ3v) is 3.81. The Kier molecular flexibility index (Phi) is 4.77. The summed E-state index contributed by atoms with van der Waals surface area (Å²) in [6, 6.07) is 3.54. The molecule has 1 aromatic carbocycles. The second-order valence-electron chi connectivity index (χ2n) is 5.18. The largest absolute Gasteiger partial charge is 0.478 e. The number of anilines is 1. The highest BCUT2D eigenvalue weighted by Gasteiger charge is 2.25. The summed E-state index contributed by atoms with van der Waals surface area (Å²) in [5.74, 6) is -2.18. The number of aromatic carboxylic acids is 1.